The molecule has 2 aromatic heterocycles. The van der Waals surface area contributed by atoms with Gasteiger partial charge in [0.15, 0.2) is 5.76 Å². The minimum absolute atomic E-state index is 0.00124. The molecule has 0 atom stereocenters. The van der Waals surface area contributed by atoms with Gasteiger partial charge >= 0.3 is 0 Å². The highest BCUT2D eigenvalue weighted by Crippen LogP contribution is 2.24. The number of sulfonamides is 1. The van der Waals surface area contributed by atoms with Crippen LogP contribution in [-0.2, 0) is 21.3 Å². The van der Waals surface area contributed by atoms with Crippen molar-refractivity contribution in [1.82, 2.24) is 9.21 Å². The van der Waals surface area contributed by atoms with E-state index in [1.54, 1.807) is 11.0 Å². The Labute approximate surface area is 161 Å². The van der Waals surface area contributed by atoms with Gasteiger partial charge in [0.1, 0.15) is 0 Å². The van der Waals surface area contributed by atoms with E-state index in [9.17, 15) is 13.2 Å². The average Bonchev–Trinajstić information content (AvgIpc) is 3.29. The van der Waals surface area contributed by atoms with E-state index in [2.05, 4.69) is 0 Å². The maximum atomic E-state index is 12.7. The number of furan rings is 1. The molecule has 0 bridgehead atoms. The van der Waals surface area contributed by atoms with Gasteiger partial charge in [0, 0.05) is 24.5 Å². The first-order chi connectivity index (χ1) is 12.4. The second-order valence-corrected chi connectivity index (χ2v) is 9.33. The topological polar surface area (TPSA) is 80.1 Å². The molecule has 0 unspecified atom stereocenters. The van der Waals surface area contributed by atoms with Crippen LogP contribution < -0.4 is 0 Å². The lowest BCUT2D eigenvalue weighted by Gasteiger charge is -2.24. The third-order valence-electron chi connectivity index (χ3n) is 4.00. The molecule has 1 aliphatic rings. The summed E-state index contributed by atoms with van der Waals surface area (Å²) < 4.78 is 37.7. The molecule has 0 N–H and O–H groups in total. The lowest BCUT2D eigenvalue weighted by Crippen LogP contribution is -2.40. The Hall–Kier alpha value is -1.39. The number of morpholine rings is 1. The Kier molecular flexibility index (Phi) is 6.03. The summed E-state index contributed by atoms with van der Waals surface area (Å²) >= 11 is 7.33. The fourth-order valence-corrected chi connectivity index (χ4v) is 5.02. The highest BCUT2D eigenvalue weighted by atomic mass is 35.5. The molecule has 1 aliphatic heterocycles. The molecule has 26 heavy (non-hydrogen) atoms. The molecule has 3 heterocycles. The van der Waals surface area contributed by atoms with E-state index >= 15 is 0 Å². The highest BCUT2D eigenvalue weighted by Gasteiger charge is 2.30. The molecule has 142 valence electrons. The standard InChI is InChI=1S/C16H19ClN2O5S2/c1-2-18(11-12-3-5-14(17)25-12)16(20)13-4-6-15(24-13)26(21,22)19-7-9-23-10-8-19/h3-6H,2,7-11H2,1H3. The summed E-state index contributed by atoms with van der Waals surface area (Å²) in [5, 5.41) is -0.224. The zero-order valence-electron chi connectivity index (χ0n) is 14.2. The van der Waals surface area contributed by atoms with Crippen molar-refractivity contribution < 1.29 is 22.4 Å². The van der Waals surface area contributed by atoms with Gasteiger partial charge < -0.3 is 14.1 Å². The van der Waals surface area contributed by atoms with E-state index in [1.165, 1.54) is 27.8 Å². The van der Waals surface area contributed by atoms with Crippen LogP contribution in [0.3, 0.4) is 0 Å². The third-order valence-corrected chi connectivity index (χ3v) is 6.99. The van der Waals surface area contributed by atoms with Crippen LogP contribution >= 0.6 is 22.9 Å². The van der Waals surface area contributed by atoms with E-state index in [-0.39, 0.29) is 29.8 Å². The van der Waals surface area contributed by atoms with Crippen molar-refractivity contribution in [3.8, 4) is 0 Å². The summed E-state index contributed by atoms with van der Waals surface area (Å²) in [6, 6.07) is 6.37. The van der Waals surface area contributed by atoms with Crippen LogP contribution in [0, 0.1) is 0 Å². The largest absolute Gasteiger partial charge is 0.438 e. The number of rotatable bonds is 6. The van der Waals surface area contributed by atoms with Gasteiger partial charge in [0.05, 0.1) is 24.1 Å². The molecule has 2 aromatic rings. The Balaban J connectivity index is 1.76. The quantitative estimate of drug-likeness (QED) is 0.720. The molecule has 0 spiro atoms. The number of nitrogens with zero attached hydrogens (tertiary/aromatic N) is 2. The van der Waals surface area contributed by atoms with Crippen LogP contribution in [0.2, 0.25) is 4.34 Å². The normalized spacial score (nSPS) is 15.9. The SMILES string of the molecule is CCN(Cc1ccc(Cl)s1)C(=O)c1ccc(S(=O)(=O)N2CCOCC2)o1. The molecule has 0 aromatic carbocycles. The average molecular weight is 419 g/mol. The zero-order valence-corrected chi connectivity index (χ0v) is 16.6. The molecule has 3 rings (SSSR count). The first-order valence-electron chi connectivity index (χ1n) is 8.13. The van der Waals surface area contributed by atoms with Crippen molar-refractivity contribution in [2.75, 3.05) is 32.8 Å². The Morgan fingerprint density at radius 2 is 2.00 bits per heavy atom. The second-order valence-electron chi connectivity index (χ2n) is 5.66. The zero-order chi connectivity index (χ0) is 18.7. The van der Waals surface area contributed by atoms with Crippen molar-refractivity contribution in [2.45, 2.75) is 18.6 Å². The molecule has 1 amide bonds. The smallest absolute Gasteiger partial charge is 0.289 e. The molecule has 1 fully saturated rings. The van der Waals surface area contributed by atoms with E-state index < -0.39 is 10.0 Å². The van der Waals surface area contributed by atoms with Gasteiger partial charge in [0.25, 0.3) is 15.9 Å². The minimum atomic E-state index is -3.76. The summed E-state index contributed by atoms with van der Waals surface area (Å²) in [5.41, 5.74) is 0. The number of carbonyl (C=O) groups excluding carboxylic acids is 1. The Morgan fingerprint density at radius 3 is 2.62 bits per heavy atom. The van der Waals surface area contributed by atoms with E-state index in [0.717, 1.165) is 4.88 Å². The predicted molar refractivity (Wildman–Crippen MR) is 98.0 cm³/mol. The summed E-state index contributed by atoms with van der Waals surface area (Å²) in [4.78, 5) is 15.2. The molecule has 0 aliphatic carbocycles. The molecule has 0 saturated carbocycles. The summed E-state index contributed by atoms with van der Waals surface area (Å²) in [7, 11) is -3.76. The number of halogens is 1. The van der Waals surface area contributed by atoms with Crippen molar-refractivity contribution >= 4 is 38.9 Å². The molecule has 1 saturated heterocycles. The molecule has 10 heteroatoms. The number of ether oxygens (including phenoxy) is 1. The maximum Gasteiger partial charge on any atom is 0.289 e. The third kappa shape index (κ3) is 4.12. The summed E-state index contributed by atoms with van der Waals surface area (Å²) in [6.45, 7) is 3.93. The van der Waals surface area contributed by atoms with Crippen molar-refractivity contribution in [3.05, 3.63) is 39.2 Å². The first-order valence-corrected chi connectivity index (χ1v) is 10.8. The van der Waals surface area contributed by atoms with Gasteiger partial charge in [-0.05, 0) is 31.2 Å². The van der Waals surface area contributed by atoms with Crippen molar-refractivity contribution in [2.24, 2.45) is 0 Å². The van der Waals surface area contributed by atoms with Crippen LogP contribution in [0.15, 0.2) is 33.8 Å². The van der Waals surface area contributed by atoms with E-state index in [1.807, 2.05) is 13.0 Å². The molecular formula is C16H19ClN2O5S2. The molecule has 7 nitrogen and oxygen atoms in total. The minimum Gasteiger partial charge on any atom is -0.438 e. The second kappa shape index (κ2) is 8.10. The maximum absolute atomic E-state index is 12.7. The molecule has 0 radical (unpaired) electrons. The van der Waals surface area contributed by atoms with Crippen LogP contribution in [0.25, 0.3) is 0 Å². The van der Waals surface area contributed by atoms with Gasteiger partial charge in [-0.2, -0.15) is 4.31 Å². The first kappa shape index (κ1) is 19.4. The predicted octanol–water partition coefficient (Wildman–Crippen LogP) is 2.68. The highest BCUT2D eigenvalue weighted by molar-refractivity contribution is 7.89. The van der Waals surface area contributed by atoms with Gasteiger partial charge in [-0.3, -0.25) is 4.79 Å². The van der Waals surface area contributed by atoms with Crippen LogP contribution in [0.1, 0.15) is 22.4 Å². The fraction of sp³-hybridized carbons (Fsp3) is 0.438. The van der Waals surface area contributed by atoms with Crippen molar-refractivity contribution in [1.29, 1.82) is 0 Å². The van der Waals surface area contributed by atoms with E-state index in [0.29, 0.717) is 30.6 Å². The lowest BCUT2D eigenvalue weighted by atomic mass is 10.3. The fourth-order valence-electron chi connectivity index (χ4n) is 2.60. The Morgan fingerprint density at radius 1 is 1.27 bits per heavy atom. The summed E-state index contributed by atoms with van der Waals surface area (Å²) in [6.07, 6.45) is 0. The van der Waals surface area contributed by atoms with E-state index in [4.69, 9.17) is 20.8 Å². The number of thiophene rings is 1. The number of carbonyl (C=O) groups is 1. The lowest BCUT2D eigenvalue weighted by molar-refractivity contribution is 0.0701. The van der Waals surface area contributed by atoms with Gasteiger partial charge in [0.2, 0.25) is 5.09 Å². The Bertz CT molecular complexity index is 871. The van der Waals surface area contributed by atoms with Gasteiger partial charge in [-0.1, -0.05) is 11.6 Å². The number of hydrogen-bond acceptors (Lipinski definition) is 6. The molecular weight excluding hydrogens is 400 g/mol. The van der Waals surface area contributed by atoms with Gasteiger partial charge in [-0.25, -0.2) is 8.42 Å². The van der Waals surface area contributed by atoms with Crippen molar-refractivity contribution in [3.63, 3.8) is 0 Å². The number of amides is 1. The summed E-state index contributed by atoms with van der Waals surface area (Å²) in [5.74, 6) is -0.359. The van der Waals surface area contributed by atoms with Gasteiger partial charge in [-0.15, -0.1) is 11.3 Å². The van der Waals surface area contributed by atoms with Crippen LogP contribution in [-0.4, -0.2) is 56.4 Å². The monoisotopic (exact) mass is 418 g/mol. The van der Waals surface area contributed by atoms with Crippen LogP contribution in [0.4, 0.5) is 0 Å². The number of hydrogen-bond donors (Lipinski definition) is 0. The van der Waals surface area contributed by atoms with Crippen LogP contribution in [0.5, 0.6) is 0 Å².